The van der Waals surface area contributed by atoms with Crippen LogP contribution in [0.5, 0.6) is 0 Å². The van der Waals surface area contributed by atoms with Crippen LogP contribution in [0.15, 0.2) is 35.3 Å². The molecule has 7 nitrogen and oxygen atoms in total. The second kappa shape index (κ2) is 4.42. The molecule has 1 aromatic carbocycles. The lowest BCUT2D eigenvalue weighted by molar-refractivity contribution is -0.389. The second-order valence-corrected chi connectivity index (χ2v) is 4.79. The lowest BCUT2D eigenvalue weighted by atomic mass is 9.96. The molecule has 0 aromatic heterocycles. The molecule has 0 aliphatic carbocycles. The monoisotopic (exact) mass is 272 g/mol. The summed E-state index contributed by atoms with van der Waals surface area (Å²) in [5.41, 5.74) is 0.209. The van der Waals surface area contributed by atoms with Crippen molar-refractivity contribution in [2.24, 2.45) is 4.99 Å². The summed E-state index contributed by atoms with van der Waals surface area (Å²) in [5.74, 6) is -0.0568. The van der Waals surface area contributed by atoms with Gasteiger partial charge in [0, 0.05) is 6.92 Å². The van der Waals surface area contributed by atoms with Gasteiger partial charge in [-0.3, -0.25) is 4.90 Å². The lowest BCUT2D eigenvalue weighted by Gasteiger charge is -2.40. The number of hydrogen-bond acceptors (Lipinski definition) is 4. The van der Waals surface area contributed by atoms with E-state index in [1.165, 1.54) is 11.1 Å². The van der Waals surface area contributed by atoms with E-state index in [1.807, 2.05) is 37.3 Å². The Labute approximate surface area is 115 Å². The van der Waals surface area contributed by atoms with Crippen LogP contribution in [0.3, 0.4) is 0 Å². The molecular weight excluding hydrogens is 260 g/mol. The van der Waals surface area contributed by atoms with Crippen LogP contribution in [0.4, 0.5) is 0 Å². The summed E-state index contributed by atoms with van der Waals surface area (Å²) in [6.07, 6.45) is 1.36. The van der Waals surface area contributed by atoms with Crippen LogP contribution in [0.2, 0.25) is 0 Å². The van der Waals surface area contributed by atoms with E-state index in [0.717, 1.165) is 5.56 Å². The Hall–Kier alpha value is -2.75. The van der Waals surface area contributed by atoms with Gasteiger partial charge < -0.3 is 10.4 Å². The van der Waals surface area contributed by atoms with Gasteiger partial charge in [-0.05, 0) is 12.1 Å². The Morgan fingerprint density at radius 2 is 2.20 bits per heavy atom. The van der Waals surface area contributed by atoms with Crippen molar-refractivity contribution in [3.63, 3.8) is 0 Å². The molecule has 1 aromatic rings. The van der Waals surface area contributed by atoms with Gasteiger partial charge in [-0.25, -0.2) is 4.99 Å². The number of benzene rings is 1. The molecule has 1 fully saturated rings. The molecule has 0 bridgehead atoms. The maximum absolute atomic E-state index is 10.9. The minimum Gasteiger partial charge on any atom is -0.712 e. The zero-order chi connectivity index (χ0) is 14.2. The normalized spacial score (nSPS) is 26.4. The first kappa shape index (κ1) is 12.3. The molecule has 3 rings (SSSR count). The van der Waals surface area contributed by atoms with Crippen molar-refractivity contribution in [3.8, 4) is 6.07 Å². The maximum Gasteiger partial charge on any atom is 0.388 e. The molecule has 102 valence electrons. The molecule has 0 amide bonds. The molecule has 0 unspecified atom stereocenters. The number of fused-ring (bicyclic) bond motifs is 1. The van der Waals surface area contributed by atoms with Crippen molar-refractivity contribution in [2.45, 2.75) is 25.2 Å². The molecule has 0 N–H and O–H groups in total. The highest BCUT2D eigenvalue weighted by atomic mass is 16.8. The molecule has 20 heavy (non-hydrogen) atoms. The fraction of sp³-hybridized carbons (Fsp3) is 0.308. The average molecular weight is 272 g/mol. The molecule has 2 aliphatic rings. The molecule has 0 saturated carbocycles. The Kier molecular flexibility index (Phi) is 2.71. The third-order valence-electron chi connectivity index (χ3n) is 3.38. The summed E-state index contributed by atoms with van der Waals surface area (Å²) < 4.78 is 0. The lowest BCUT2D eigenvalue weighted by Crippen LogP contribution is -2.63. The summed E-state index contributed by atoms with van der Waals surface area (Å²) in [5, 5.41) is 25.6. The van der Waals surface area contributed by atoms with Gasteiger partial charge in [0.05, 0.1) is 6.42 Å². The van der Waals surface area contributed by atoms with Gasteiger partial charge in [0.1, 0.15) is 11.8 Å². The number of aliphatic imine (C=N–C) groups is 1. The van der Waals surface area contributed by atoms with Crippen LogP contribution < -0.4 is 0 Å². The van der Waals surface area contributed by atoms with Gasteiger partial charge in [-0.2, -0.15) is 4.90 Å². The van der Waals surface area contributed by atoms with E-state index in [-0.39, 0.29) is 5.84 Å². The van der Waals surface area contributed by atoms with Crippen LogP contribution >= 0.6 is 0 Å². The Morgan fingerprint density at radius 3 is 2.90 bits per heavy atom. The molecule has 7 heteroatoms. The van der Waals surface area contributed by atoms with E-state index in [9.17, 15) is 10.4 Å². The number of hydrogen-bond donors (Lipinski definition) is 0. The first-order valence-electron chi connectivity index (χ1n) is 6.13. The summed E-state index contributed by atoms with van der Waals surface area (Å²) in [7, 11) is 0. The topological polar surface area (TPSA) is 78.3 Å². The molecule has 0 spiro atoms. The van der Waals surface area contributed by atoms with Crippen molar-refractivity contribution < 1.29 is 9.74 Å². The van der Waals surface area contributed by atoms with Gasteiger partial charge in [0.2, 0.25) is 10.7 Å². The molecular formula is C13H12N4O3. The van der Waals surface area contributed by atoms with Gasteiger partial charge in [0.25, 0.3) is 0 Å². The Morgan fingerprint density at radius 1 is 1.45 bits per heavy atom. The minimum absolute atomic E-state index is 0.0568. The second-order valence-electron chi connectivity index (χ2n) is 4.79. The zero-order valence-corrected chi connectivity index (χ0v) is 10.8. The van der Waals surface area contributed by atoms with E-state index < -0.39 is 16.8 Å². The van der Waals surface area contributed by atoms with Gasteiger partial charge >= 0.3 is 18.1 Å². The summed E-state index contributed by atoms with van der Waals surface area (Å²) in [4.78, 5) is 10.5. The van der Waals surface area contributed by atoms with E-state index in [1.54, 1.807) is 0 Å². The summed E-state index contributed by atoms with van der Waals surface area (Å²) >= 11 is 0. The van der Waals surface area contributed by atoms with Crippen LogP contribution in [-0.2, 0) is 4.84 Å². The summed E-state index contributed by atoms with van der Waals surface area (Å²) in [6.45, 7) is 1.82. The molecule has 0 radical (unpaired) electrons. The van der Waals surface area contributed by atoms with E-state index in [2.05, 4.69) is 16.1 Å². The van der Waals surface area contributed by atoms with Gasteiger partial charge in [0.15, 0.2) is 0 Å². The Balaban J connectivity index is 1.70. The van der Waals surface area contributed by atoms with Gasteiger partial charge in [-0.15, -0.1) is 4.84 Å². The SMILES string of the molecule is C[C@@]12C[C@H](O[N+]#Cc3ccccc3)N1C(=[N+]([O-])[O-])C=N2. The van der Waals surface area contributed by atoms with E-state index in [4.69, 9.17) is 4.84 Å². The van der Waals surface area contributed by atoms with Gasteiger partial charge in [-0.1, -0.05) is 18.2 Å². The van der Waals surface area contributed by atoms with Crippen molar-refractivity contribution in [1.82, 2.24) is 4.90 Å². The average Bonchev–Trinajstić information content (AvgIpc) is 2.69. The smallest absolute Gasteiger partial charge is 0.388 e. The van der Waals surface area contributed by atoms with Crippen LogP contribution in [0.1, 0.15) is 18.9 Å². The third kappa shape index (κ3) is 1.91. The fourth-order valence-corrected chi connectivity index (χ4v) is 2.36. The highest BCUT2D eigenvalue weighted by Crippen LogP contribution is 2.41. The van der Waals surface area contributed by atoms with Crippen molar-refractivity contribution in [1.29, 1.82) is 0 Å². The zero-order valence-electron chi connectivity index (χ0n) is 10.8. The predicted molar refractivity (Wildman–Crippen MR) is 73.0 cm³/mol. The largest absolute Gasteiger partial charge is 0.712 e. The summed E-state index contributed by atoms with van der Waals surface area (Å²) in [6, 6.07) is 12.0. The number of nitrogens with zero attached hydrogens (tertiary/aromatic N) is 4. The van der Waals surface area contributed by atoms with E-state index in [0.29, 0.717) is 6.42 Å². The first-order valence-corrected chi connectivity index (χ1v) is 6.13. The number of amidine groups is 1. The molecule has 1 saturated heterocycles. The molecule has 2 atom stereocenters. The molecule has 2 aliphatic heterocycles. The Bertz CT molecular complexity index is 643. The van der Waals surface area contributed by atoms with E-state index >= 15 is 0 Å². The highest BCUT2D eigenvalue weighted by Gasteiger charge is 2.63. The van der Waals surface area contributed by atoms with Crippen molar-refractivity contribution >= 4 is 12.1 Å². The molecule has 2 heterocycles. The van der Waals surface area contributed by atoms with Crippen LogP contribution in [0.25, 0.3) is 5.01 Å². The predicted octanol–water partition coefficient (Wildman–Crippen LogP) is 1.54. The van der Waals surface area contributed by atoms with Crippen LogP contribution in [-0.4, -0.2) is 33.7 Å². The van der Waals surface area contributed by atoms with Crippen molar-refractivity contribution in [3.05, 3.63) is 51.3 Å². The standard InChI is InChI=1S/C13H12N4O3/c1-13-7-12(16(13)11(9-14-13)17(18)19)20-15-8-10-5-3-2-4-6-10/h2-6,9,12H,7H2,1H3/t12-,13-/m0/s1. The first-order chi connectivity index (χ1) is 9.60. The highest BCUT2D eigenvalue weighted by molar-refractivity contribution is 6.29. The fourth-order valence-electron chi connectivity index (χ4n) is 2.36. The minimum atomic E-state index is -0.574. The number of rotatable bonds is 1. The van der Waals surface area contributed by atoms with Crippen LogP contribution in [0, 0.1) is 16.5 Å². The quantitative estimate of drug-likeness (QED) is 0.574. The maximum atomic E-state index is 10.9. The third-order valence-corrected chi connectivity index (χ3v) is 3.38. The van der Waals surface area contributed by atoms with Crippen molar-refractivity contribution in [2.75, 3.05) is 0 Å².